The van der Waals surface area contributed by atoms with Gasteiger partial charge in [0.25, 0.3) is 0 Å². The van der Waals surface area contributed by atoms with Crippen LogP contribution in [0.4, 0.5) is 5.69 Å². The van der Waals surface area contributed by atoms with E-state index in [1.54, 1.807) is 6.08 Å². The predicted octanol–water partition coefficient (Wildman–Crippen LogP) is 2.38. The number of benzene rings is 1. The van der Waals surface area contributed by atoms with E-state index in [1.807, 2.05) is 31.2 Å². The van der Waals surface area contributed by atoms with Crippen LogP contribution in [0.5, 0.6) is 0 Å². The van der Waals surface area contributed by atoms with E-state index in [4.69, 9.17) is 0 Å². The molecule has 0 spiro atoms. The van der Waals surface area contributed by atoms with Crippen LogP contribution < -0.4 is 5.06 Å². The van der Waals surface area contributed by atoms with Crippen molar-refractivity contribution in [1.82, 2.24) is 0 Å². The lowest BCUT2D eigenvalue weighted by atomic mass is 10.2. The maximum Gasteiger partial charge on any atom is 0.0666 e. The number of para-hydroxylation sites is 1. The molecule has 2 nitrogen and oxygen atoms in total. The van der Waals surface area contributed by atoms with Gasteiger partial charge in [0.1, 0.15) is 0 Å². The van der Waals surface area contributed by atoms with Crippen LogP contribution in [0.2, 0.25) is 0 Å². The molecule has 0 aliphatic heterocycles. The average Bonchev–Trinajstić information content (AvgIpc) is 2.05. The molecule has 0 aliphatic carbocycles. The Bertz CT molecular complexity index is 270. The SMILES string of the molecule is C=CCN(O)c1ccccc1C. The molecule has 1 N–H and O–H groups in total. The third-order valence-electron chi connectivity index (χ3n) is 1.70. The van der Waals surface area contributed by atoms with E-state index in [-0.39, 0.29) is 0 Å². The Morgan fingerprint density at radius 1 is 1.50 bits per heavy atom. The molecule has 0 radical (unpaired) electrons. The molecule has 0 aromatic heterocycles. The van der Waals surface area contributed by atoms with Crippen LogP contribution in [0, 0.1) is 6.92 Å². The number of nitrogens with zero attached hydrogens (tertiary/aromatic N) is 1. The van der Waals surface area contributed by atoms with Crippen LogP contribution in [-0.4, -0.2) is 11.8 Å². The molecular formula is C10H13NO. The largest absolute Gasteiger partial charge is 0.288 e. The highest BCUT2D eigenvalue weighted by atomic mass is 16.5. The Morgan fingerprint density at radius 3 is 2.75 bits per heavy atom. The van der Waals surface area contributed by atoms with Gasteiger partial charge >= 0.3 is 0 Å². The number of hydrogen-bond donors (Lipinski definition) is 1. The van der Waals surface area contributed by atoms with E-state index in [0.29, 0.717) is 6.54 Å². The minimum Gasteiger partial charge on any atom is -0.288 e. The van der Waals surface area contributed by atoms with Crippen molar-refractivity contribution < 1.29 is 5.21 Å². The molecule has 0 fully saturated rings. The molecule has 0 unspecified atom stereocenters. The van der Waals surface area contributed by atoms with E-state index in [9.17, 15) is 5.21 Å². The lowest BCUT2D eigenvalue weighted by molar-refractivity contribution is 0.266. The van der Waals surface area contributed by atoms with Crippen molar-refractivity contribution >= 4 is 5.69 Å². The van der Waals surface area contributed by atoms with Crippen LogP contribution in [0.1, 0.15) is 5.56 Å². The molecule has 0 heterocycles. The first kappa shape index (κ1) is 8.81. The quantitative estimate of drug-likeness (QED) is 0.546. The second-order valence-electron chi connectivity index (χ2n) is 2.66. The maximum absolute atomic E-state index is 9.46. The van der Waals surface area contributed by atoms with E-state index >= 15 is 0 Å². The van der Waals surface area contributed by atoms with Gasteiger partial charge in [-0.3, -0.25) is 10.3 Å². The normalized spacial score (nSPS) is 9.50. The van der Waals surface area contributed by atoms with Crippen LogP contribution in [-0.2, 0) is 0 Å². The average molecular weight is 163 g/mol. The highest BCUT2D eigenvalue weighted by Crippen LogP contribution is 2.16. The second-order valence-corrected chi connectivity index (χ2v) is 2.66. The molecule has 2 heteroatoms. The molecule has 0 aliphatic rings. The summed E-state index contributed by atoms with van der Waals surface area (Å²) < 4.78 is 0. The number of rotatable bonds is 3. The number of aryl methyl sites for hydroxylation is 1. The molecule has 12 heavy (non-hydrogen) atoms. The topological polar surface area (TPSA) is 23.5 Å². The molecule has 1 rings (SSSR count). The summed E-state index contributed by atoms with van der Waals surface area (Å²) in [5.74, 6) is 0. The minimum atomic E-state index is 0.449. The molecule has 0 saturated carbocycles. The van der Waals surface area contributed by atoms with Gasteiger partial charge in [-0.2, -0.15) is 0 Å². The third-order valence-corrected chi connectivity index (χ3v) is 1.70. The number of hydroxylamine groups is 1. The first-order valence-corrected chi connectivity index (χ1v) is 3.88. The van der Waals surface area contributed by atoms with E-state index in [0.717, 1.165) is 11.3 Å². The van der Waals surface area contributed by atoms with Gasteiger partial charge in [0, 0.05) is 0 Å². The van der Waals surface area contributed by atoms with Crippen LogP contribution >= 0.6 is 0 Å². The van der Waals surface area contributed by atoms with Crippen molar-refractivity contribution in [2.75, 3.05) is 11.6 Å². The van der Waals surface area contributed by atoms with Crippen molar-refractivity contribution in [3.8, 4) is 0 Å². The Balaban J connectivity index is 2.86. The van der Waals surface area contributed by atoms with Crippen molar-refractivity contribution in [1.29, 1.82) is 0 Å². The Kier molecular flexibility index (Phi) is 2.88. The number of anilines is 1. The van der Waals surface area contributed by atoms with Crippen molar-refractivity contribution in [3.05, 3.63) is 42.5 Å². The lowest BCUT2D eigenvalue weighted by Crippen LogP contribution is -2.18. The molecule has 64 valence electrons. The highest BCUT2D eigenvalue weighted by Gasteiger charge is 2.01. The summed E-state index contributed by atoms with van der Waals surface area (Å²) in [6.07, 6.45) is 1.66. The molecule has 1 aromatic rings. The fraction of sp³-hybridized carbons (Fsp3) is 0.200. The molecular weight excluding hydrogens is 150 g/mol. The first-order chi connectivity index (χ1) is 5.75. The van der Waals surface area contributed by atoms with E-state index in [2.05, 4.69) is 6.58 Å². The lowest BCUT2D eigenvalue weighted by Gasteiger charge is -2.16. The van der Waals surface area contributed by atoms with Gasteiger partial charge in [0.05, 0.1) is 12.2 Å². The Labute approximate surface area is 72.7 Å². The molecule has 0 atom stereocenters. The van der Waals surface area contributed by atoms with Gasteiger partial charge in [0.15, 0.2) is 0 Å². The molecule has 0 saturated heterocycles. The Morgan fingerprint density at radius 2 is 2.17 bits per heavy atom. The van der Waals surface area contributed by atoms with Gasteiger partial charge in [-0.05, 0) is 18.6 Å². The van der Waals surface area contributed by atoms with Crippen molar-refractivity contribution in [3.63, 3.8) is 0 Å². The minimum absolute atomic E-state index is 0.449. The summed E-state index contributed by atoms with van der Waals surface area (Å²) in [5, 5.41) is 10.6. The van der Waals surface area contributed by atoms with Crippen LogP contribution in [0.3, 0.4) is 0 Å². The smallest absolute Gasteiger partial charge is 0.0666 e. The van der Waals surface area contributed by atoms with E-state index in [1.165, 1.54) is 5.06 Å². The fourth-order valence-electron chi connectivity index (χ4n) is 1.07. The van der Waals surface area contributed by atoms with Gasteiger partial charge in [-0.25, -0.2) is 0 Å². The zero-order chi connectivity index (χ0) is 8.97. The molecule has 0 amide bonds. The summed E-state index contributed by atoms with van der Waals surface area (Å²) in [6, 6.07) is 7.68. The summed E-state index contributed by atoms with van der Waals surface area (Å²) in [6.45, 7) is 5.96. The van der Waals surface area contributed by atoms with Crippen LogP contribution in [0.25, 0.3) is 0 Å². The monoisotopic (exact) mass is 163 g/mol. The molecule has 0 bridgehead atoms. The summed E-state index contributed by atoms with van der Waals surface area (Å²) in [4.78, 5) is 0. The standard InChI is InChI=1S/C10H13NO/c1-3-8-11(12)10-7-5-4-6-9(10)2/h3-7,12H,1,8H2,2H3. The summed E-state index contributed by atoms with van der Waals surface area (Å²) in [5.41, 5.74) is 1.89. The van der Waals surface area contributed by atoms with Gasteiger partial charge in [-0.15, -0.1) is 6.58 Å². The van der Waals surface area contributed by atoms with Gasteiger partial charge < -0.3 is 0 Å². The zero-order valence-electron chi connectivity index (χ0n) is 7.20. The zero-order valence-corrected chi connectivity index (χ0v) is 7.20. The number of hydrogen-bond acceptors (Lipinski definition) is 2. The summed E-state index contributed by atoms with van der Waals surface area (Å²) >= 11 is 0. The second kappa shape index (κ2) is 3.93. The summed E-state index contributed by atoms with van der Waals surface area (Å²) in [7, 11) is 0. The maximum atomic E-state index is 9.46. The van der Waals surface area contributed by atoms with Crippen molar-refractivity contribution in [2.24, 2.45) is 0 Å². The first-order valence-electron chi connectivity index (χ1n) is 3.88. The molecule has 1 aromatic carbocycles. The van der Waals surface area contributed by atoms with Gasteiger partial charge in [0.2, 0.25) is 0 Å². The predicted molar refractivity (Wildman–Crippen MR) is 50.5 cm³/mol. The van der Waals surface area contributed by atoms with Gasteiger partial charge in [-0.1, -0.05) is 24.3 Å². The van der Waals surface area contributed by atoms with Crippen LogP contribution in [0.15, 0.2) is 36.9 Å². The Hall–Kier alpha value is -1.28. The third kappa shape index (κ3) is 1.86. The fourth-order valence-corrected chi connectivity index (χ4v) is 1.07. The highest BCUT2D eigenvalue weighted by molar-refractivity contribution is 5.50. The van der Waals surface area contributed by atoms with E-state index < -0.39 is 0 Å². The van der Waals surface area contributed by atoms with Crippen molar-refractivity contribution in [2.45, 2.75) is 6.92 Å².